The molecule has 122 valence electrons. The Kier molecular flexibility index (Phi) is 5.34. The molecule has 2 atom stereocenters. The highest BCUT2D eigenvalue weighted by atomic mass is 35.5. The standard InChI is InChI=1S/C22H22ClN/c1-16(24)22(20-11-13-21(23)14-12-20)15-17-7-9-19(10-8-17)18-5-3-2-4-6-18/h2-14,16,22H,15,24H2,1H3. The van der Waals surface area contributed by atoms with Crippen molar-refractivity contribution in [3.63, 3.8) is 0 Å². The summed E-state index contributed by atoms with van der Waals surface area (Å²) < 4.78 is 0. The molecule has 0 radical (unpaired) electrons. The van der Waals surface area contributed by atoms with E-state index in [0.29, 0.717) is 0 Å². The molecule has 0 aliphatic carbocycles. The Hall–Kier alpha value is -2.09. The minimum absolute atomic E-state index is 0.0833. The summed E-state index contributed by atoms with van der Waals surface area (Å²) in [6.45, 7) is 2.07. The number of benzene rings is 3. The summed E-state index contributed by atoms with van der Waals surface area (Å²) in [5, 5.41) is 0.759. The van der Waals surface area contributed by atoms with Gasteiger partial charge in [-0.2, -0.15) is 0 Å². The van der Waals surface area contributed by atoms with Crippen molar-refractivity contribution in [2.24, 2.45) is 5.73 Å². The molecule has 2 heteroatoms. The van der Waals surface area contributed by atoms with Gasteiger partial charge in [0.25, 0.3) is 0 Å². The first-order valence-electron chi connectivity index (χ1n) is 8.29. The van der Waals surface area contributed by atoms with Crippen LogP contribution in [0.5, 0.6) is 0 Å². The van der Waals surface area contributed by atoms with Gasteiger partial charge in [-0.3, -0.25) is 0 Å². The van der Waals surface area contributed by atoms with Gasteiger partial charge in [-0.15, -0.1) is 0 Å². The van der Waals surface area contributed by atoms with Crippen molar-refractivity contribution in [1.29, 1.82) is 0 Å². The SMILES string of the molecule is CC(N)C(Cc1ccc(-c2ccccc2)cc1)c1ccc(Cl)cc1. The van der Waals surface area contributed by atoms with Crippen LogP contribution in [0.1, 0.15) is 24.0 Å². The zero-order valence-electron chi connectivity index (χ0n) is 13.8. The number of halogens is 1. The molecule has 3 aromatic rings. The van der Waals surface area contributed by atoms with Crippen molar-refractivity contribution < 1.29 is 0 Å². The lowest BCUT2D eigenvalue weighted by Gasteiger charge is -2.21. The first-order chi connectivity index (χ1) is 11.6. The average Bonchev–Trinajstić information content (AvgIpc) is 2.62. The molecule has 0 saturated heterocycles. The van der Waals surface area contributed by atoms with Crippen LogP contribution in [0.4, 0.5) is 0 Å². The van der Waals surface area contributed by atoms with Gasteiger partial charge in [0.05, 0.1) is 0 Å². The molecule has 3 rings (SSSR count). The quantitative estimate of drug-likeness (QED) is 0.637. The lowest BCUT2D eigenvalue weighted by Crippen LogP contribution is -2.26. The van der Waals surface area contributed by atoms with E-state index in [0.717, 1.165) is 11.4 Å². The highest BCUT2D eigenvalue weighted by molar-refractivity contribution is 6.30. The van der Waals surface area contributed by atoms with E-state index in [1.54, 1.807) is 0 Å². The van der Waals surface area contributed by atoms with Gasteiger partial charge in [-0.05, 0) is 47.7 Å². The molecule has 0 aliphatic rings. The molecule has 0 spiro atoms. The molecular formula is C22H22ClN. The fourth-order valence-corrected chi connectivity index (χ4v) is 3.16. The molecule has 0 aromatic heterocycles. The molecule has 0 bridgehead atoms. The topological polar surface area (TPSA) is 26.0 Å². The second kappa shape index (κ2) is 7.65. The molecule has 0 fully saturated rings. The van der Waals surface area contributed by atoms with E-state index in [9.17, 15) is 0 Å². The molecule has 0 amide bonds. The van der Waals surface area contributed by atoms with Crippen LogP contribution in [0.2, 0.25) is 5.02 Å². The lowest BCUT2D eigenvalue weighted by molar-refractivity contribution is 0.565. The highest BCUT2D eigenvalue weighted by Gasteiger charge is 2.17. The van der Waals surface area contributed by atoms with Crippen molar-refractivity contribution >= 4 is 11.6 Å². The van der Waals surface area contributed by atoms with E-state index in [4.69, 9.17) is 17.3 Å². The van der Waals surface area contributed by atoms with Crippen LogP contribution in [-0.4, -0.2) is 6.04 Å². The summed E-state index contributed by atoms with van der Waals surface area (Å²) in [6.07, 6.45) is 0.925. The van der Waals surface area contributed by atoms with Crippen molar-refractivity contribution in [3.8, 4) is 11.1 Å². The average molecular weight is 336 g/mol. The van der Waals surface area contributed by atoms with Gasteiger partial charge in [0, 0.05) is 17.0 Å². The smallest absolute Gasteiger partial charge is 0.0406 e. The maximum absolute atomic E-state index is 6.24. The Morgan fingerprint density at radius 3 is 1.96 bits per heavy atom. The minimum Gasteiger partial charge on any atom is -0.327 e. The lowest BCUT2D eigenvalue weighted by atomic mass is 9.86. The summed E-state index contributed by atoms with van der Waals surface area (Å²) in [5.41, 5.74) is 11.3. The minimum atomic E-state index is 0.0833. The summed E-state index contributed by atoms with van der Waals surface area (Å²) >= 11 is 6.00. The van der Waals surface area contributed by atoms with Gasteiger partial charge in [0.1, 0.15) is 0 Å². The van der Waals surface area contributed by atoms with Crippen LogP contribution in [0, 0.1) is 0 Å². The molecule has 0 heterocycles. The number of hydrogen-bond acceptors (Lipinski definition) is 1. The largest absolute Gasteiger partial charge is 0.327 e. The molecule has 0 aliphatic heterocycles. The zero-order valence-corrected chi connectivity index (χ0v) is 14.6. The summed E-state index contributed by atoms with van der Waals surface area (Å²) in [4.78, 5) is 0. The van der Waals surface area contributed by atoms with Crippen LogP contribution in [0.15, 0.2) is 78.9 Å². The summed E-state index contributed by atoms with van der Waals surface area (Å²) in [5.74, 6) is 0.282. The fourth-order valence-electron chi connectivity index (χ4n) is 3.04. The van der Waals surface area contributed by atoms with Gasteiger partial charge in [0.15, 0.2) is 0 Å². The predicted molar refractivity (Wildman–Crippen MR) is 103 cm³/mol. The third kappa shape index (κ3) is 4.05. The third-order valence-corrected chi connectivity index (χ3v) is 4.70. The maximum atomic E-state index is 6.24. The van der Waals surface area contributed by atoms with Crippen molar-refractivity contribution in [3.05, 3.63) is 95.0 Å². The summed E-state index contributed by atoms with van der Waals surface area (Å²) in [6, 6.07) is 27.3. The molecule has 2 N–H and O–H groups in total. The number of nitrogens with two attached hydrogens (primary N) is 1. The molecular weight excluding hydrogens is 314 g/mol. The first-order valence-corrected chi connectivity index (χ1v) is 8.66. The Morgan fingerprint density at radius 1 is 0.792 bits per heavy atom. The Balaban J connectivity index is 1.79. The molecule has 3 aromatic carbocycles. The Morgan fingerprint density at radius 2 is 1.38 bits per heavy atom. The molecule has 1 nitrogen and oxygen atoms in total. The summed E-state index contributed by atoms with van der Waals surface area (Å²) in [7, 11) is 0. The van der Waals surface area contributed by atoms with Crippen LogP contribution in [0.3, 0.4) is 0 Å². The van der Waals surface area contributed by atoms with Crippen molar-refractivity contribution in [2.75, 3.05) is 0 Å². The number of rotatable bonds is 5. The predicted octanol–water partition coefficient (Wildman–Crippen LogP) is 5.68. The van der Waals surface area contributed by atoms with E-state index in [1.807, 2.05) is 18.2 Å². The van der Waals surface area contributed by atoms with Gasteiger partial charge in [0.2, 0.25) is 0 Å². The van der Waals surface area contributed by atoms with Crippen LogP contribution < -0.4 is 5.73 Å². The van der Waals surface area contributed by atoms with Gasteiger partial charge in [-0.25, -0.2) is 0 Å². The van der Waals surface area contributed by atoms with E-state index in [-0.39, 0.29) is 12.0 Å². The van der Waals surface area contributed by atoms with E-state index in [1.165, 1.54) is 22.3 Å². The number of hydrogen-bond donors (Lipinski definition) is 1. The van der Waals surface area contributed by atoms with Crippen LogP contribution in [0.25, 0.3) is 11.1 Å². The van der Waals surface area contributed by atoms with E-state index >= 15 is 0 Å². The zero-order chi connectivity index (χ0) is 16.9. The van der Waals surface area contributed by atoms with Crippen molar-refractivity contribution in [2.45, 2.75) is 25.3 Å². The molecule has 2 unspecified atom stereocenters. The second-order valence-corrected chi connectivity index (χ2v) is 6.72. The Labute approximate surface area is 149 Å². The van der Waals surface area contributed by atoms with Gasteiger partial charge >= 0.3 is 0 Å². The van der Waals surface area contributed by atoms with Crippen LogP contribution >= 0.6 is 11.6 Å². The molecule has 24 heavy (non-hydrogen) atoms. The Bertz CT molecular complexity index is 761. The first kappa shape index (κ1) is 16.8. The van der Waals surface area contributed by atoms with Crippen LogP contribution in [-0.2, 0) is 6.42 Å². The van der Waals surface area contributed by atoms with Gasteiger partial charge in [-0.1, -0.05) is 78.3 Å². The molecule has 0 saturated carbocycles. The maximum Gasteiger partial charge on any atom is 0.0406 e. The second-order valence-electron chi connectivity index (χ2n) is 6.28. The monoisotopic (exact) mass is 335 g/mol. The van der Waals surface area contributed by atoms with E-state index < -0.39 is 0 Å². The fraction of sp³-hybridized carbons (Fsp3) is 0.182. The normalized spacial score (nSPS) is 13.5. The van der Waals surface area contributed by atoms with E-state index in [2.05, 4.69) is 67.6 Å². The third-order valence-electron chi connectivity index (χ3n) is 4.45. The highest BCUT2D eigenvalue weighted by Crippen LogP contribution is 2.26. The van der Waals surface area contributed by atoms with Gasteiger partial charge < -0.3 is 5.73 Å². The van der Waals surface area contributed by atoms with Crippen molar-refractivity contribution in [1.82, 2.24) is 0 Å².